The van der Waals surface area contributed by atoms with E-state index in [2.05, 4.69) is 23.3 Å². The summed E-state index contributed by atoms with van der Waals surface area (Å²) in [5.41, 5.74) is 1.17. The van der Waals surface area contributed by atoms with Crippen LogP contribution < -0.4 is 5.32 Å². The van der Waals surface area contributed by atoms with Crippen molar-refractivity contribution in [1.29, 1.82) is 0 Å². The number of aromatic nitrogens is 1. The zero-order chi connectivity index (χ0) is 12.6. The van der Waals surface area contributed by atoms with Gasteiger partial charge in [-0.15, -0.1) is 0 Å². The van der Waals surface area contributed by atoms with Crippen LogP contribution in [0.2, 0.25) is 0 Å². The van der Waals surface area contributed by atoms with Crippen LogP contribution in [0.15, 0.2) is 18.3 Å². The van der Waals surface area contributed by atoms with Crippen molar-refractivity contribution >= 4 is 5.82 Å². The van der Waals surface area contributed by atoms with E-state index in [4.69, 9.17) is 4.74 Å². The quantitative estimate of drug-likeness (QED) is 0.806. The fourth-order valence-electron chi connectivity index (χ4n) is 2.42. The summed E-state index contributed by atoms with van der Waals surface area (Å²) in [6.45, 7) is 3.68. The Morgan fingerprint density at radius 3 is 2.61 bits per heavy atom. The molecule has 0 radical (unpaired) electrons. The van der Waals surface area contributed by atoms with Crippen molar-refractivity contribution in [2.75, 3.05) is 11.9 Å². The van der Waals surface area contributed by atoms with E-state index < -0.39 is 0 Å². The van der Waals surface area contributed by atoms with E-state index in [1.807, 2.05) is 12.3 Å². The van der Waals surface area contributed by atoms with E-state index in [1.165, 1.54) is 44.1 Å². The molecule has 1 heterocycles. The minimum absolute atomic E-state index is 0.459. The molecular formula is C15H24N2O. The Balaban J connectivity index is 1.78. The third kappa shape index (κ3) is 4.30. The summed E-state index contributed by atoms with van der Waals surface area (Å²) in [6.07, 6.45) is 10.2. The van der Waals surface area contributed by atoms with Gasteiger partial charge in [0.25, 0.3) is 0 Å². The SMILES string of the molecule is CCNc1ccc(COC2CCCCCC2)cn1. The molecule has 0 bridgehead atoms. The minimum atomic E-state index is 0.459. The lowest BCUT2D eigenvalue weighted by Gasteiger charge is -2.15. The lowest BCUT2D eigenvalue weighted by molar-refractivity contribution is 0.0308. The Hall–Kier alpha value is -1.09. The molecule has 0 spiro atoms. The number of hydrogen-bond acceptors (Lipinski definition) is 3. The van der Waals surface area contributed by atoms with E-state index in [1.54, 1.807) is 0 Å². The molecule has 1 fully saturated rings. The molecule has 0 saturated heterocycles. The highest BCUT2D eigenvalue weighted by Crippen LogP contribution is 2.20. The summed E-state index contributed by atoms with van der Waals surface area (Å²) in [7, 11) is 0. The van der Waals surface area contributed by atoms with Crippen molar-refractivity contribution in [1.82, 2.24) is 4.98 Å². The molecule has 0 aromatic carbocycles. The normalized spacial score (nSPS) is 17.4. The summed E-state index contributed by atoms with van der Waals surface area (Å²) < 4.78 is 5.99. The van der Waals surface area contributed by atoms with Gasteiger partial charge in [-0.05, 0) is 31.4 Å². The van der Waals surface area contributed by atoms with Crippen molar-refractivity contribution in [3.63, 3.8) is 0 Å². The van der Waals surface area contributed by atoms with E-state index in [0.29, 0.717) is 12.7 Å². The fourth-order valence-corrected chi connectivity index (χ4v) is 2.42. The van der Waals surface area contributed by atoms with Gasteiger partial charge in [-0.25, -0.2) is 4.98 Å². The molecule has 100 valence electrons. The zero-order valence-corrected chi connectivity index (χ0v) is 11.3. The number of rotatable bonds is 5. The van der Waals surface area contributed by atoms with E-state index in [0.717, 1.165) is 12.4 Å². The highest BCUT2D eigenvalue weighted by molar-refractivity contribution is 5.34. The molecule has 1 saturated carbocycles. The Morgan fingerprint density at radius 1 is 1.22 bits per heavy atom. The lowest BCUT2D eigenvalue weighted by atomic mass is 10.1. The average Bonchev–Trinajstić information content (AvgIpc) is 2.67. The Labute approximate surface area is 110 Å². The molecule has 0 unspecified atom stereocenters. The first-order chi connectivity index (χ1) is 8.88. The number of anilines is 1. The monoisotopic (exact) mass is 248 g/mol. The van der Waals surface area contributed by atoms with Gasteiger partial charge in [0.15, 0.2) is 0 Å². The predicted octanol–water partition coefficient (Wildman–Crippen LogP) is 3.75. The third-order valence-electron chi connectivity index (χ3n) is 3.47. The second kappa shape index (κ2) is 7.37. The second-order valence-corrected chi connectivity index (χ2v) is 5.01. The molecular weight excluding hydrogens is 224 g/mol. The number of nitrogens with one attached hydrogen (secondary N) is 1. The van der Waals surface area contributed by atoms with Crippen LogP contribution in [0.4, 0.5) is 5.82 Å². The van der Waals surface area contributed by atoms with Crippen LogP contribution in [-0.2, 0) is 11.3 Å². The Morgan fingerprint density at radius 2 is 2.00 bits per heavy atom. The summed E-state index contributed by atoms with van der Waals surface area (Å²) in [5, 5.41) is 3.20. The lowest BCUT2D eigenvalue weighted by Crippen LogP contribution is -2.11. The van der Waals surface area contributed by atoms with Crippen molar-refractivity contribution < 1.29 is 4.74 Å². The van der Waals surface area contributed by atoms with Crippen molar-refractivity contribution in [3.8, 4) is 0 Å². The highest BCUT2D eigenvalue weighted by atomic mass is 16.5. The third-order valence-corrected chi connectivity index (χ3v) is 3.47. The van der Waals surface area contributed by atoms with Gasteiger partial charge in [-0.1, -0.05) is 31.7 Å². The topological polar surface area (TPSA) is 34.1 Å². The molecule has 1 aliphatic rings. The summed E-state index contributed by atoms with van der Waals surface area (Å²) in [6, 6.07) is 4.12. The van der Waals surface area contributed by atoms with Gasteiger partial charge in [0, 0.05) is 12.7 Å². The second-order valence-electron chi connectivity index (χ2n) is 5.01. The molecule has 0 atom stereocenters. The predicted molar refractivity (Wildman–Crippen MR) is 74.7 cm³/mol. The minimum Gasteiger partial charge on any atom is -0.373 e. The first-order valence-corrected chi connectivity index (χ1v) is 7.19. The number of ether oxygens (including phenoxy) is 1. The molecule has 1 aromatic heterocycles. The summed E-state index contributed by atoms with van der Waals surface area (Å²) >= 11 is 0. The van der Waals surface area contributed by atoms with Crippen LogP contribution in [0.25, 0.3) is 0 Å². The van der Waals surface area contributed by atoms with Crippen LogP contribution in [0.1, 0.15) is 51.0 Å². The van der Waals surface area contributed by atoms with Crippen LogP contribution in [-0.4, -0.2) is 17.6 Å². The van der Waals surface area contributed by atoms with Crippen molar-refractivity contribution in [2.24, 2.45) is 0 Å². The van der Waals surface area contributed by atoms with Crippen molar-refractivity contribution in [2.45, 2.75) is 58.2 Å². The molecule has 1 aliphatic carbocycles. The summed E-state index contributed by atoms with van der Waals surface area (Å²) in [5.74, 6) is 0.940. The zero-order valence-electron chi connectivity index (χ0n) is 11.3. The van der Waals surface area contributed by atoms with Gasteiger partial charge >= 0.3 is 0 Å². The summed E-state index contributed by atoms with van der Waals surface area (Å²) in [4.78, 5) is 4.36. The molecule has 0 amide bonds. The largest absolute Gasteiger partial charge is 0.373 e. The van der Waals surface area contributed by atoms with Crippen LogP contribution >= 0.6 is 0 Å². The number of pyridine rings is 1. The van der Waals surface area contributed by atoms with Gasteiger partial charge in [0.1, 0.15) is 5.82 Å². The average molecular weight is 248 g/mol. The standard InChI is InChI=1S/C15H24N2O/c1-2-16-15-10-9-13(11-17-15)12-18-14-7-5-3-4-6-8-14/h9-11,14H,2-8,12H2,1H3,(H,16,17). The van der Waals surface area contributed by atoms with E-state index in [-0.39, 0.29) is 0 Å². The van der Waals surface area contributed by atoms with E-state index >= 15 is 0 Å². The molecule has 1 N–H and O–H groups in total. The maximum atomic E-state index is 5.99. The van der Waals surface area contributed by atoms with Gasteiger partial charge in [0.2, 0.25) is 0 Å². The van der Waals surface area contributed by atoms with Crippen LogP contribution in [0.5, 0.6) is 0 Å². The first kappa shape index (κ1) is 13.3. The molecule has 3 heteroatoms. The van der Waals surface area contributed by atoms with Gasteiger partial charge in [-0.3, -0.25) is 0 Å². The smallest absolute Gasteiger partial charge is 0.125 e. The van der Waals surface area contributed by atoms with E-state index in [9.17, 15) is 0 Å². The maximum absolute atomic E-state index is 5.99. The fraction of sp³-hybridized carbons (Fsp3) is 0.667. The van der Waals surface area contributed by atoms with Gasteiger partial charge < -0.3 is 10.1 Å². The van der Waals surface area contributed by atoms with Crippen LogP contribution in [0.3, 0.4) is 0 Å². The van der Waals surface area contributed by atoms with Crippen LogP contribution in [0, 0.1) is 0 Å². The number of nitrogens with zero attached hydrogens (tertiary/aromatic N) is 1. The molecule has 0 aliphatic heterocycles. The maximum Gasteiger partial charge on any atom is 0.125 e. The molecule has 3 nitrogen and oxygen atoms in total. The Kier molecular flexibility index (Phi) is 5.46. The van der Waals surface area contributed by atoms with Gasteiger partial charge in [0.05, 0.1) is 12.7 Å². The molecule has 18 heavy (non-hydrogen) atoms. The molecule has 2 rings (SSSR count). The number of hydrogen-bond donors (Lipinski definition) is 1. The van der Waals surface area contributed by atoms with Gasteiger partial charge in [-0.2, -0.15) is 0 Å². The first-order valence-electron chi connectivity index (χ1n) is 7.19. The Bertz CT molecular complexity index is 329. The van der Waals surface area contributed by atoms with Crippen molar-refractivity contribution in [3.05, 3.63) is 23.9 Å². The highest BCUT2D eigenvalue weighted by Gasteiger charge is 2.12. The molecule has 1 aromatic rings.